The van der Waals surface area contributed by atoms with Crippen LogP contribution in [0.2, 0.25) is 0 Å². The van der Waals surface area contributed by atoms with Gasteiger partial charge in [-0.2, -0.15) is 5.10 Å². The highest BCUT2D eigenvalue weighted by molar-refractivity contribution is 7.71. The van der Waals surface area contributed by atoms with E-state index in [1.54, 1.807) is 9.47 Å². The lowest BCUT2D eigenvalue weighted by Crippen LogP contribution is -2.35. The van der Waals surface area contributed by atoms with E-state index in [0.717, 1.165) is 23.4 Å². The summed E-state index contributed by atoms with van der Waals surface area (Å²) in [6, 6.07) is 11.2. The second kappa shape index (κ2) is 8.07. The zero-order chi connectivity index (χ0) is 19.5. The van der Waals surface area contributed by atoms with Crippen molar-refractivity contribution in [2.24, 2.45) is 0 Å². The number of piperidine rings is 1. The Labute approximate surface area is 171 Å². The van der Waals surface area contributed by atoms with Crippen molar-refractivity contribution in [2.75, 3.05) is 16.8 Å². The minimum absolute atomic E-state index is 0.0510. The number of amides is 2. The number of benzene rings is 1. The first-order valence-electron chi connectivity index (χ1n) is 9.01. The number of nitrogens with one attached hydrogen (secondary N) is 2. The topological polar surface area (TPSA) is 83.0 Å². The number of nitrogens with zero attached hydrogens (tertiary/aromatic N) is 3. The molecule has 0 radical (unpaired) electrons. The van der Waals surface area contributed by atoms with Gasteiger partial charge in [-0.15, -0.1) is 11.3 Å². The van der Waals surface area contributed by atoms with E-state index in [2.05, 4.69) is 15.5 Å². The molecule has 4 rings (SSSR count). The Morgan fingerprint density at radius 3 is 2.96 bits per heavy atom. The Bertz CT molecular complexity index is 1050. The summed E-state index contributed by atoms with van der Waals surface area (Å²) in [7, 11) is 0. The van der Waals surface area contributed by atoms with Gasteiger partial charge in [0.25, 0.3) is 0 Å². The second-order valence-electron chi connectivity index (χ2n) is 6.52. The van der Waals surface area contributed by atoms with Gasteiger partial charge in [0.1, 0.15) is 6.54 Å². The molecule has 1 fully saturated rings. The molecule has 0 unspecified atom stereocenters. The Balaban J connectivity index is 1.49. The number of H-pyrrole nitrogens is 1. The van der Waals surface area contributed by atoms with Crippen LogP contribution in [0.5, 0.6) is 0 Å². The lowest BCUT2D eigenvalue weighted by Gasteiger charge is -2.27. The SMILES string of the molecule is O=C(Cn1c(-c2cccs2)n[nH]c1=S)Nc1cccc(N2CCCCC2=O)c1. The average molecular weight is 414 g/mol. The smallest absolute Gasteiger partial charge is 0.244 e. The number of thiophene rings is 1. The van der Waals surface area contributed by atoms with E-state index in [1.165, 1.54) is 11.3 Å². The summed E-state index contributed by atoms with van der Waals surface area (Å²) in [6.07, 6.45) is 2.50. The summed E-state index contributed by atoms with van der Waals surface area (Å²) in [5.41, 5.74) is 1.45. The highest BCUT2D eigenvalue weighted by Gasteiger charge is 2.20. The first-order chi connectivity index (χ1) is 13.6. The van der Waals surface area contributed by atoms with E-state index in [4.69, 9.17) is 12.2 Å². The molecule has 0 saturated carbocycles. The highest BCUT2D eigenvalue weighted by Crippen LogP contribution is 2.25. The molecule has 0 aliphatic carbocycles. The number of carbonyl (C=O) groups excluding carboxylic acids is 2. The molecule has 7 nitrogen and oxygen atoms in total. The summed E-state index contributed by atoms with van der Waals surface area (Å²) in [4.78, 5) is 27.5. The zero-order valence-corrected chi connectivity index (χ0v) is 16.7. The van der Waals surface area contributed by atoms with Gasteiger partial charge in [-0.25, -0.2) is 0 Å². The largest absolute Gasteiger partial charge is 0.324 e. The molecular weight excluding hydrogens is 394 g/mol. The van der Waals surface area contributed by atoms with Crippen molar-refractivity contribution in [2.45, 2.75) is 25.8 Å². The fraction of sp³-hybridized carbons (Fsp3) is 0.263. The van der Waals surface area contributed by atoms with Gasteiger partial charge in [0.2, 0.25) is 11.8 Å². The van der Waals surface area contributed by atoms with Gasteiger partial charge in [-0.3, -0.25) is 19.3 Å². The zero-order valence-electron chi connectivity index (χ0n) is 15.1. The summed E-state index contributed by atoms with van der Waals surface area (Å²) < 4.78 is 2.07. The maximum Gasteiger partial charge on any atom is 0.244 e. The lowest BCUT2D eigenvalue weighted by atomic mass is 10.1. The molecule has 0 atom stereocenters. The second-order valence-corrected chi connectivity index (χ2v) is 7.85. The number of anilines is 2. The fourth-order valence-electron chi connectivity index (χ4n) is 3.23. The Morgan fingerprint density at radius 2 is 2.18 bits per heavy atom. The van der Waals surface area contributed by atoms with Crippen LogP contribution in [0.4, 0.5) is 11.4 Å². The molecular formula is C19H19N5O2S2. The summed E-state index contributed by atoms with van der Waals surface area (Å²) in [6.45, 7) is 0.764. The predicted molar refractivity (Wildman–Crippen MR) is 112 cm³/mol. The molecule has 1 aromatic carbocycles. The third kappa shape index (κ3) is 3.90. The first-order valence-corrected chi connectivity index (χ1v) is 10.3. The highest BCUT2D eigenvalue weighted by atomic mass is 32.1. The molecule has 144 valence electrons. The van der Waals surface area contributed by atoms with Crippen molar-refractivity contribution in [1.29, 1.82) is 0 Å². The number of rotatable bonds is 5. The molecule has 1 aliphatic heterocycles. The molecule has 2 amide bonds. The number of carbonyl (C=O) groups is 2. The van der Waals surface area contributed by atoms with Crippen molar-refractivity contribution in [3.63, 3.8) is 0 Å². The van der Waals surface area contributed by atoms with Gasteiger partial charge in [0, 0.05) is 24.3 Å². The van der Waals surface area contributed by atoms with Crippen molar-refractivity contribution in [3.8, 4) is 10.7 Å². The molecule has 2 N–H and O–H groups in total. The quantitative estimate of drug-likeness (QED) is 0.623. The molecule has 28 heavy (non-hydrogen) atoms. The lowest BCUT2D eigenvalue weighted by molar-refractivity contribution is -0.119. The van der Waals surface area contributed by atoms with Crippen molar-refractivity contribution in [3.05, 3.63) is 46.5 Å². The predicted octanol–water partition coefficient (Wildman–Crippen LogP) is 3.82. The molecule has 0 bridgehead atoms. The van der Waals surface area contributed by atoms with Gasteiger partial charge in [0.05, 0.1) is 4.88 Å². The van der Waals surface area contributed by atoms with Crippen LogP contribution in [0.15, 0.2) is 41.8 Å². The number of aromatic amines is 1. The summed E-state index contributed by atoms with van der Waals surface area (Å²) >= 11 is 6.81. The van der Waals surface area contributed by atoms with Crippen LogP contribution in [0.25, 0.3) is 10.7 Å². The van der Waals surface area contributed by atoms with Crippen molar-refractivity contribution >= 4 is 46.7 Å². The maximum atomic E-state index is 12.6. The third-order valence-electron chi connectivity index (χ3n) is 4.57. The molecule has 1 aliphatic rings. The van der Waals surface area contributed by atoms with Crippen LogP contribution in [-0.4, -0.2) is 33.1 Å². The van der Waals surface area contributed by atoms with E-state index >= 15 is 0 Å². The normalized spacial score (nSPS) is 14.3. The summed E-state index contributed by atoms with van der Waals surface area (Å²) in [5.74, 6) is 0.556. The molecule has 9 heteroatoms. The Morgan fingerprint density at radius 1 is 1.29 bits per heavy atom. The molecule has 3 aromatic rings. The van der Waals surface area contributed by atoms with Crippen LogP contribution in [0, 0.1) is 4.77 Å². The van der Waals surface area contributed by atoms with Crippen LogP contribution in [0.3, 0.4) is 0 Å². The Kier molecular flexibility index (Phi) is 5.36. The van der Waals surface area contributed by atoms with Crippen LogP contribution >= 0.6 is 23.6 Å². The minimum Gasteiger partial charge on any atom is -0.324 e. The van der Waals surface area contributed by atoms with Gasteiger partial charge in [0.15, 0.2) is 10.6 Å². The van der Waals surface area contributed by atoms with E-state index in [9.17, 15) is 9.59 Å². The van der Waals surface area contributed by atoms with Crippen LogP contribution < -0.4 is 10.2 Å². The number of hydrogen-bond acceptors (Lipinski definition) is 5. The first kappa shape index (κ1) is 18.6. The van der Waals surface area contributed by atoms with Gasteiger partial charge < -0.3 is 10.2 Å². The van der Waals surface area contributed by atoms with E-state index in [-0.39, 0.29) is 18.4 Å². The minimum atomic E-state index is -0.211. The van der Waals surface area contributed by atoms with Gasteiger partial charge in [-0.05, 0) is 54.7 Å². The molecule has 2 aromatic heterocycles. The third-order valence-corrected chi connectivity index (χ3v) is 5.74. The molecule has 0 spiro atoms. The van der Waals surface area contributed by atoms with E-state index in [1.807, 2.05) is 41.8 Å². The van der Waals surface area contributed by atoms with Crippen molar-refractivity contribution in [1.82, 2.24) is 14.8 Å². The number of aromatic nitrogens is 3. The monoisotopic (exact) mass is 413 g/mol. The fourth-order valence-corrected chi connectivity index (χ4v) is 4.15. The standard InChI is InChI=1S/C19H19N5O2S2/c25-16(12-24-18(21-22-19(24)27)15-7-4-10-28-15)20-13-5-3-6-14(11-13)23-9-2-1-8-17(23)26/h3-7,10-11H,1-2,8-9,12H2,(H,20,25)(H,22,27). The van der Waals surface area contributed by atoms with Crippen molar-refractivity contribution < 1.29 is 9.59 Å². The van der Waals surface area contributed by atoms with E-state index in [0.29, 0.717) is 29.2 Å². The molecule has 1 saturated heterocycles. The van der Waals surface area contributed by atoms with Gasteiger partial charge in [-0.1, -0.05) is 12.1 Å². The average Bonchev–Trinajstić information content (AvgIpc) is 3.33. The summed E-state index contributed by atoms with van der Waals surface area (Å²) in [5, 5.41) is 11.8. The van der Waals surface area contributed by atoms with E-state index < -0.39 is 0 Å². The van der Waals surface area contributed by atoms with Crippen LogP contribution in [0.1, 0.15) is 19.3 Å². The van der Waals surface area contributed by atoms with Gasteiger partial charge >= 0.3 is 0 Å². The maximum absolute atomic E-state index is 12.6. The Hall–Kier alpha value is -2.78. The van der Waals surface area contributed by atoms with Crippen LogP contribution in [-0.2, 0) is 16.1 Å². The number of hydrogen-bond donors (Lipinski definition) is 2. The molecule has 3 heterocycles.